The molecule has 0 saturated heterocycles. The highest BCUT2D eigenvalue weighted by Crippen LogP contribution is 2.28. The Hall–Kier alpha value is -0.770. The van der Waals surface area contributed by atoms with Gasteiger partial charge in [0.1, 0.15) is 0 Å². The summed E-state index contributed by atoms with van der Waals surface area (Å²) in [6.45, 7) is 3.11. The van der Waals surface area contributed by atoms with Crippen LogP contribution >= 0.6 is 27.7 Å². The highest BCUT2D eigenvalue weighted by Gasteiger charge is 2.20. The maximum Gasteiger partial charge on any atom is 0.0232 e. The molecular weight excluding hydrogens is 342 g/mol. The van der Waals surface area contributed by atoms with Crippen molar-refractivity contribution >= 4 is 27.7 Å². The fourth-order valence-corrected chi connectivity index (χ4v) is 3.82. The highest BCUT2D eigenvalue weighted by molar-refractivity contribution is 9.10. The van der Waals surface area contributed by atoms with Crippen LogP contribution in [0.15, 0.2) is 51.8 Å². The molecule has 3 heteroatoms. The molecule has 0 aliphatic heterocycles. The fraction of sp³-hybridized carbons (Fsp3) is 0.333. The number of benzene rings is 2. The molecule has 21 heavy (non-hydrogen) atoms. The summed E-state index contributed by atoms with van der Waals surface area (Å²) in [4.78, 5) is 1.32. The lowest BCUT2D eigenvalue weighted by atomic mass is 10.2. The molecule has 1 N–H and O–H groups in total. The number of halogens is 1. The topological polar surface area (TPSA) is 12.0 Å². The van der Waals surface area contributed by atoms with Crippen molar-refractivity contribution in [3.63, 3.8) is 0 Å². The van der Waals surface area contributed by atoms with E-state index in [1.54, 1.807) is 0 Å². The van der Waals surface area contributed by atoms with Gasteiger partial charge in [0, 0.05) is 27.7 Å². The Morgan fingerprint density at radius 3 is 2.76 bits per heavy atom. The van der Waals surface area contributed by atoms with Gasteiger partial charge in [-0.3, -0.25) is 0 Å². The number of rotatable bonds is 6. The van der Waals surface area contributed by atoms with Crippen LogP contribution < -0.4 is 5.32 Å². The van der Waals surface area contributed by atoms with Gasteiger partial charge in [-0.2, -0.15) is 0 Å². The van der Waals surface area contributed by atoms with E-state index in [2.05, 4.69) is 70.6 Å². The second-order valence-corrected chi connectivity index (χ2v) is 7.59. The molecule has 0 spiro atoms. The Bertz CT molecular complexity index is 622. The number of thioether (sulfide) groups is 1. The van der Waals surface area contributed by atoms with Gasteiger partial charge in [-0.15, -0.1) is 11.8 Å². The molecule has 1 fully saturated rings. The lowest BCUT2D eigenvalue weighted by Gasteiger charge is -2.08. The second kappa shape index (κ2) is 6.99. The minimum atomic E-state index is 0.757. The van der Waals surface area contributed by atoms with Crippen molar-refractivity contribution in [3.05, 3.63) is 63.6 Å². The minimum absolute atomic E-state index is 0.757. The Morgan fingerprint density at radius 1 is 1.19 bits per heavy atom. The van der Waals surface area contributed by atoms with Gasteiger partial charge in [0.05, 0.1) is 0 Å². The van der Waals surface area contributed by atoms with Crippen LogP contribution in [0.25, 0.3) is 0 Å². The zero-order valence-corrected chi connectivity index (χ0v) is 14.6. The van der Waals surface area contributed by atoms with E-state index >= 15 is 0 Å². The molecule has 0 amide bonds. The van der Waals surface area contributed by atoms with Crippen LogP contribution in [0, 0.1) is 6.92 Å². The Morgan fingerprint density at radius 2 is 2.05 bits per heavy atom. The summed E-state index contributed by atoms with van der Waals surface area (Å²) in [5.41, 5.74) is 4.06. The molecule has 0 heterocycles. The second-order valence-electron chi connectivity index (χ2n) is 5.69. The summed E-state index contributed by atoms with van der Waals surface area (Å²) in [7, 11) is 0. The zero-order valence-electron chi connectivity index (χ0n) is 12.2. The van der Waals surface area contributed by atoms with Gasteiger partial charge in [-0.25, -0.2) is 0 Å². The van der Waals surface area contributed by atoms with E-state index in [0.29, 0.717) is 0 Å². The summed E-state index contributed by atoms with van der Waals surface area (Å²) in [6.07, 6.45) is 2.67. The van der Waals surface area contributed by atoms with Crippen LogP contribution in [0.3, 0.4) is 0 Å². The predicted octanol–water partition coefficient (Wildman–Crippen LogP) is 5.30. The third-order valence-electron chi connectivity index (χ3n) is 3.67. The Labute approximate surface area is 139 Å². The first kappa shape index (κ1) is 15.1. The minimum Gasteiger partial charge on any atom is -0.310 e. The largest absolute Gasteiger partial charge is 0.310 e. The number of hydrogen-bond acceptors (Lipinski definition) is 2. The van der Waals surface area contributed by atoms with E-state index in [-0.39, 0.29) is 0 Å². The molecule has 0 bridgehead atoms. The van der Waals surface area contributed by atoms with Gasteiger partial charge in [0.25, 0.3) is 0 Å². The van der Waals surface area contributed by atoms with Crippen LogP contribution in [0.4, 0.5) is 0 Å². The average molecular weight is 362 g/mol. The molecule has 0 unspecified atom stereocenters. The van der Waals surface area contributed by atoms with Gasteiger partial charge in [-0.1, -0.05) is 51.8 Å². The summed E-state index contributed by atoms with van der Waals surface area (Å²) in [5, 5.41) is 3.56. The van der Waals surface area contributed by atoms with Crippen molar-refractivity contribution in [1.29, 1.82) is 0 Å². The SMILES string of the molecule is Cc1cccc(CSc2ccc(CNC3CC3)c(Br)c2)c1. The molecule has 1 aliphatic rings. The van der Waals surface area contributed by atoms with Gasteiger partial charge >= 0.3 is 0 Å². The third-order valence-corrected chi connectivity index (χ3v) is 5.47. The zero-order chi connectivity index (χ0) is 14.7. The molecule has 0 atom stereocenters. The van der Waals surface area contributed by atoms with E-state index in [9.17, 15) is 0 Å². The van der Waals surface area contributed by atoms with Crippen LogP contribution in [-0.2, 0) is 12.3 Å². The molecule has 0 radical (unpaired) electrons. The van der Waals surface area contributed by atoms with Gasteiger partial charge < -0.3 is 5.32 Å². The van der Waals surface area contributed by atoms with Crippen molar-refractivity contribution < 1.29 is 0 Å². The van der Waals surface area contributed by atoms with Crippen molar-refractivity contribution in [1.82, 2.24) is 5.32 Å². The van der Waals surface area contributed by atoms with E-state index in [4.69, 9.17) is 0 Å². The molecule has 1 saturated carbocycles. The monoisotopic (exact) mass is 361 g/mol. The molecule has 1 aliphatic carbocycles. The van der Waals surface area contributed by atoms with E-state index in [1.807, 2.05) is 11.8 Å². The quantitative estimate of drug-likeness (QED) is 0.700. The standard InChI is InChI=1S/C18H20BrNS/c1-13-3-2-4-14(9-13)12-21-17-8-5-15(18(19)10-17)11-20-16-6-7-16/h2-5,8-10,16,20H,6-7,11-12H2,1H3. The number of aryl methyl sites for hydroxylation is 1. The van der Waals surface area contributed by atoms with Gasteiger partial charge in [0.15, 0.2) is 0 Å². The summed E-state index contributed by atoms with van der Waals surface area (Å²) >= 11 is 5.59. The first-order valence-electron chi connectivity index (χ1n) is 7.41. The molecule has 110 valence electrons. The molecule has 2 aromatic rings. The van der Waals surface area contributed by atoms with E-state index in [1.165, 1.54) is 38.9 Å². The molecule has 3 rings (SSSR count). The normalized spacial score (nSPS) is 14.4. The van der Waals surface area contributed by atoms with E-state index in [0.717, 1.165) is 18.3 Å². The third kappa shape index (κ3) is 4.60. The van der Waals surface area contributed by atoms with Crippen LogP contribution in [-0.4, -0.2) is 6.04 Å². The summed E-state index contributed by atoms with van der Waals surface area (Å²) < 4.78 is 1.21. The lowest BCUT2D eigenvalue weighted by molar-refractivity contribution is 0.685. The maximum atomic E-state index is 3.70. The van der Waals surface area contributed by atoms with Crippen molar-refractivity contribution in [2.45, 2.75) is 43.0 Å². The Balaban J connectivity index is 1.59. The molecule has 0 aromatic heterocycles. The summed E-state index contributed by atoms with van der Waals surface area (Å²) in [5.74, 6) is 1.02. The smallest absolute Gasteiger partial charge is 0.0232 e. The number of hydrogen-bond donors (Lipinski definition) is 1. The first-order chi connectivity index (χ1) is 10.2. The maximum absolute atomic E-state index is 3.70. The average Bonchev–Trinajstić information content (AvgIpc) is 3.28. The first-order valence-corrected chi connectivity index (χ1v) is 9.19. The van der Waals surface area contributed by atoms with Crippen molar-refractivity contribution in [2.75, 3.05) is 0 Å². The van der Waals surface area contributed by atoms with Crippen LogP contribution in [0.5, 0.6) is 0 Å². The molecule has 2 aromatic carbocycles. The predicted molar refractivity (Wildman–Crippen MR) is 94.7 cm³/mol. The van der Waals surface area contributed by atoms with Gasteiger partial charge in [-0.05, 0) is 43.0 Å². The van der Waals surface area contributed by atoms with Crippen molar-refractivity contribution in [3.8, 4) is 0 Å². The Kier molecular flexibility index (Phi) is 5.04. The van der Waals surface area contributed by atoms with Gasteiger partial charge in [0.2, 0.25) is 0 Å². The van der Waals surface area contributed by atoms with Crippen molar-refractivity contribution in [2.24, 2.45) is 0 Å². The fourth-order valence-electron chi connectivity index (χ4n) is 2.27. The van der Waals surface area contributed by atoms with Crippen LogP contribution in [0.2, 0.25) is 0 Å². The summed E-state index contributed by atoms with van der Waals surface area (Å²) in [6, 6.07) is 16.2. The molecule has 1 nitrogen and oxygen atoms in total. The van der Waals surface area contributed by atoms with E-state index < -0.39 is 0 Å². The number of nitrogens with one attached hydrogen (secondary N) is 1. The lowest BCUT2D eigenvalue weighted by Crippen LogP contribution is -2.15. The molecular formula is C18H20BrNS. The highest BCUT2D eigenvalue weighted by atomic mass is 79.9. The van der Waals surface area contributed by atoms with Crippen LogP contribution in [0.1, 0.15) is 29.5 Å².